The number of benzene rings is 2. The number of nitrogens with one attached hydrogen (secondary N) is 3. The van der Waals surface area contributed by atoms with Crippen LogP contribution in [0.3, 0.4) is 0 Å². The molecule has 0 unspecified atom stereocenters. The molecular weight excluding hydrogens is 506 g/mol. The minimum Gasteiger partial charge on any atom is -0.491 e. The van der Waals surface area contributed by atoms with E-state index in [9.17, 15) is 14.4 Å². The van der Waals surface area contributed by atoms with Crippen LogP contribution in [0, 0.1) is 12.8 Å². The lowest BCUT2D eigenvalue weighted by molar-refractivity contribution is -0.122. The Morgan fingerprint density at radius 2 is 2.00 bits per heavy atom. The van der Waals surface area contributed by atoms with Gasteiger partial charge in [-0.05, 0) is 68.5 Å². The zero-order valence-electron chi connectivity index (χ0n) is 22.0. The number of carbonyl (C=O) groups excluding carboxylic acids is 3. The van der Waals surface area contributed by atoms with E-state index < -0.39 is 0 Å². The van der Waals surface area contributed by atoms with Gasteiger partial charge in [-0.1, -0.05) is 25.4 Å². The number of fused-ring (bicyclic) bond motifs is 2. The summed E-state index contributed by atoms with van der Waals surface area (Å²) in [5.41, 5.74) is 2.38. The third-order valence-corrected chi connectivity index (χ3v) is 6.59. The third-order valence-electron chi connectivity index (χ3n) is 6.36. The van der Waals surface area contributed by atoms with E-state index in [1.165, 1.54) is 0 Å². The highest BCUT2D eigenvalue weighted by atomic mass is 35.5. The molecule has 3 N–H and O–H groups in total. The molecule has 1 aliphatic rings. The van der Waals surface area contributed by atoms with Gasteiger partial charge in [-0.2, -0.15) is 0 Å². The minimum atomic E-state index is -0.305. The summed E-state index contributed by atoms with van der Waals surface area (Å²) in [5.74, 6) is 0.695. The quantitative estimate of drug-likeness (QED) is 0.463. The molecule has 0 saturated carbocycles. The summed E-state index contributed by atoms with van der Waals surface area (Å²) in [4.78, 5) is 48.6. The average molecular weight is 540 g/mol. The normalized spacial score (nSPS) is 17.7. The standard InChI is InChI=1S/C28H34ClN5O4/c1-17(2)12-21-16-38-25-9-7-20(29)14-22(25)27(36)30-10-4-5-11-34(15-26(35)33-21)28(37)19-6-8-23-24(13-19)32-18(3)31-23/h6-9,13-14,17,21H,4-5,10-12,15-16H2,1-3H3,(H,30,36)(H,31,32)(H,33,35)/t21-/m0/s1. The van der Waals surface area contributed by atoms with Gasteiger partial charge in [0.15, 0.2) is 0 Å². The highest BCUT2D eigenvalue weighted by Crippen LogP contribution is 2.24. The Morgan fingerprint density at radius 3 is 2.79 bits per heavy atom. The topological polar surface area (TPSA) is 116 Å². The molecule has 9 nitrogen and oxygen atoms in total. The van der Waals surface area contributed by atoms with Crippen LogP contribution in [0.25, 0.3) is 11.0 Å². The molecule has 202 valence electrons. The molecule has 0 saturated heterocycles. The minimum absolute atomic E-state index is 0.0774. The maximum absolute atomic E-state index is 13.5. The maximum atomic E-state index is 13.5. The van der Waals surface area contributed by atoms with E-state index in [0.717, 1.165) is 16.9 Å². The van der Waals surface area contributed by atoms with Crippen LogP contribution < -0.4 is 15.4 Å². The molecule has 10 heteroatoms. The molecule has 2 heterocycles. The number of ether oxygens (including phenoxy) is 1. The summed E-state index contributed by atoms with van der Waals surface area (Å²) in [6.45, 7) is 6.86. The van der Waals surface area contributed by atoms with Crippen molar-refractivity contribution in [3.8, 4) is 5.75 Å². The SMILES string of the molecule is Cc1nc2ccc(C(=O)N3CCCCNC(=O)c4cc(Cl)ccc4OC[C@H](CC(C)C)NC(=O)C3)cc2[nH]1. The van der Waals surface area contributed by atoms with Crippen LogP contribution >= 0.6 is 11.6 Å². The number of hydrogen-bond donors (Lipinski definition) is 3. The molecule has 0 bridgehead atoms. The van der Waals surface area contributed by atoms with E-state index in [2.05, 4.69) is 34.4 Å². The lowest BCUT2D eigenvalue weighted by atomic mass is 10.0. The fourth-order valence-electron chi connectivity index (χ4n) is 4.61. The zero-order valence-corrected chi connectivity index (χ0v) is 22.7. The highest BCUT2D eigenvalue weighted by Gasteiger charge is 2.23. The van der Waals surface area contributed by atoms with Gasteiger partial charge in [-0.15, -0.1) is 0 Å². The largest absolute Gasteiger partial charge is 0.491 e. The molecule has 0 aliphatic carbocycles. The van der Waals surface area contributed by atoms with Crippen molar-refractivity contribution in [1.29, 1.82) is 0 Å². The number of aryl methyl sites for hydroxylation is 1. The van der Waals surface area contributed by atoms with Gasteiger partial charge in [-0.25, -0.2) is 4.98 Å². The van der Waals surface area contributed by atoms with Crippen molar-refractivity contribution in [1.82, 2.24) is 25.5 Å². The maximum Gasteiger partial charge on any atom is 0.255 e. The van der Waals surface area contributed by atoms with E-state index in [-0.39, 0.29) is 36.9 Å². The van der Waals surface area contributed by atoms with Gasteiger partial charge in [0.05, 0.1) is 29.2 Å². The van der Waals surface area contributed by atoms with Crippen LogP contribution in [-0.4, -0.2) is 64.9 Å². The number of halogens is 1. The first-order valence-corrected chi connectivity index (χ1v) is 13.3. The molecule has 0 spiro atoms. The molecular formula is C28H34ClN5O4. The summed E-state index contributed by atoms with van der Waals surface area (Å²) in [5, 5.41) is 6.39. The van der Waals surface area contributed by atoms with Crippen LogP contribution in [0.5, 0.6) is 5.75 Å². The van der Waals surface area contributed by atoms with Crippen LogP contribution in [0.1, 0.15) is 59.7 Å². The number of carbonyl (C=O) groups is 3. The van der Waals surface area contributed by atoms with Gasteiger partial charge < -0.3 is 25.3 Å². The fourth-order valence-corrected chi connectivity index (χ4v) is 4.78. The van der Waals surface area contributed by atoms with E-state index in [1.54, 1.807) is 41.3 Å². The fraction of sp³-hybridized carbons (Fsp3) is 0.429. The number of aromatic nitrogens is 2. The van der Waals surface area contributed by atoms with Crippen molar-refractivity contribution in [3.05, 3.63) is 58.4 Å². The van der Waals surface area contributed by atoms with Gasteiger partial charge in [0.25, 0.3) is 11.8 Å². The number of hydrogen-bond acceptors (Lipinski definition) is 5. The lowest BCUT2D eigenvalue weighted by Gasteiger charge is -2.25. The van der Waals surface area contributed by atoms with Crippen molar-refractivity contribution < 1.29 is 19.1 Å². The summed E-state index contributed by atoms with van der Waals surface area (Å²) < 4.78 is 6.01. The molecule has 0 fully saturated rings. The first kappa shape index (κ1) is 27.4. The summed E-state index contributed by atoms with van der Waals surface area (Å²) in [7, 11) is 0. The molecule has 3 amide bonds. The Balaban J connectivity index is 1.56. The van der Waals surface area contributed by atoms with Gasteiger partial charge in [-0.3, -0.25) is 14.4 Å². The molecule has 4 rings (SSSR count). The Labute approximate surface area is 227 Å². The summed E-state index contributed by atoms with van der Waals surface area (Å²) in [6.07, 6.45) is 1.91. The third kappa shape index (κ3) is 7.04. The first-order valence-electron chi connectivity index (χ1n) is 12.9. The van der Waals surface area contributed by atoms with E-state index >= 15 is 0 Å². The van der Waals surface area contributed by atoms with Crippen LogP contribution in [0.15, 0.2) is 36.4 Å². The van der Waals surface area contributed by atoms with Crippen molar-refractivity contribution >= 4 is 40.4 Å². The average Bonchev–Trinajstić information content (AvgIpc) is 3.24. The Bertz CT molecular complexity index is 1320. The second-order valence-corrected chi connectivity index (χ2v) is 10.5. The van der Waals surface area contributed by atoms with Crippen molar-refractivity contribution in [2.75, 3.05) is 26.2 Å². The van der Waals surface area contributed by atoms with Crippen molar-refractivity contribution in [2.45, 2.75) is 46.1 Å². The second kappa shape index (κ2) is 12.3. The smallest absolute Gasteiger partial charge is 0.255 e. The molecule has 1 atom stereocenters. The lowest BCUT2D eigenvalue weighted by Crippen LogP contribution is -2.46. The van der Waals surface area contributed by atoms with Crippen LogP contribution in [0.2, 0.25) is 5.02 Å². The number of rotatable bonds is 3. The molecule has 3 aromatic rings. The van der Waals surface area contributed by atoms with Gasteiger partial charge >= 0.3 is 0 Å². The van der Waals surface area contributed by atoms with Gasteiger partial charge in [0.2, 0.25) is 5.91 Å². The number of nitrogens with zero attached hydrogens (tertiary/aromatic N) is 2. The Morgan fingerprint density at radius 1 is 1.18 bits per heavy atom. The van der Waals surface area contributed by atoms with Crippen LogP contribution in [0.4, 0.5) is 0 Å². The first-order chi connectivity index (χ1) is 18.2. The number of amides is 3. The van der Waals surface area contributed by atoms with Crippen molar-refractivity contribution in [3.63, 3.8) is 0 Å². The Hall–Kier alpha value is -3.59. The predicted octanol–water partition coefficient (Wildman–Crippen LogP) is 4.10. The number of imidazole rings is 1. The van der Waals surface area contributed by atoms with E-state index in [0.29, 0.717) is 60.2 Å². The molecule has 0 radical (unpaired) electrons. The van der Waals surface area contributed by atoms with Gasteiger partial charge in [0.1, 0.15) is 18.2 Å². The molecule has 1 aromatic heterocycles. The Kier molecular flexibility index (Phi) is 8.89. The molecule has 2 aromatic carbocycles. The second-order valence-electron chi connectivity index (χ2n) is 10.1. The van der Waals surface area contributed by atoms with E-state index in [4.69, 9.17) is 16.3 Å². The predicted molar refractivity (Wildman–Crippen MR) is 147 cm³/mol. The summed E-state index contributed by atoms with van der Waals surface area (Å²) >= 11 is 6.15. The van der Waals surface area contributed by atoms with E-state index in [1.807, 2.05) is 6.92 Å². The summed E-state index contributed by atoms with van der Waals surface area (Å²) in [6, 6.07) is 9.92. The molecule has 1 aliphatic heterocycles. The van der Waals surface area contributed by atoms with Crippen molar-refractivity contribution in [2.24, 2.45) is 5.92 Å². The number of H-pyrrole nitrogens is 1. The number of aromatic amines is 1. The zero-order chi connectivity index (χ0) is 27.2. The van der Waals surface area contributed by atoms with Crippen LogP contribution in [-0.2, 0) is 4.79 Å². The van der Waals surface area contributed by atoms with Gasteiger partial charge in [0, 0.05) is 23.7 Å². The molecule has 38 heavy (non-hydrogen) atoms. The monoisotopic (exact) mass is 539 g/mol. The highest BCUT2D eigenvalue weighted by molar-refractivity contribution is 6.31.